The van der Waals surface area contributed by atoms with Gasteiger partial charge in [0.15, 0.2) is 5.82 Å². The van der Waals surface area contributed by atoms with E-state index in [1.807, 2.05) is 17.0 Å². The molecule has 12 nitrogen and oxygen atoms in total. The van der Waals surface area contributed by atoms with E-state index < -0.39 is 17.2 Å². The van der Waals surface area contributed by atoms with Crippen LogP contribution in [0.1, 0.15) is 49.8 Å². The maximum Gasteiger partial charge on any atom is 0.346 e. The SMILES string of the molecule is N#Cc1c(N)sc2c(F)ccc(-c3c(Cl)cc4c(N5CCC6(CCN6C(=O)n6nccc6C#N)C5)nc(OCC56CCCN5CCC6)nc4c3F)c12. The topological polar surface area (TPSA) is 153 Å². The van der Waals surface area contributed by atoms with Crippen molar-refractivity contribution in [3.63, 3.8) is 0 Å². The number of amides is 1. The fourth-order valence-corrected chi connectivity index (χ4v) is 10.1. The minimum Gasteiger partial charge on any atom is -0.461 e. The van der Waals surface area contributed by atoms with E-state index in [0.29, 0.717) is 43.9 Å². The van der Waals surface area contributed by atoms with Gasteiger partial charge in [0.1, 0.15) is 46.6 Å². The number of nitrogens with zero attached hydrogens (tertiary/aromatic N) is 9. The first kappa shape index (κ1) is 32.8. The molecule has 5 aromatic rings. The number of ether oxygens (including phenoxy) is 1. The van der Waals surface area contributed by atoms with Crippen molar-refractivity contribution in [3.8, 4) is 29.3 Å². The van der Waals surface area contributed by atoms with E-state index in [9.17, 15) is 19.7 Å². The van der Waals surface area contributed by atoms with Gasteiger partial charge >= 0.3 is 12.0 Å². The fraction of sp³-hybridized carbons (Fsp3) is 0.389. The summed E-state index contributed by atoms with van der Waals surface area (Å²) >= 11 is 7.83. The summed E-state index contributed by atoms with van der Waals surface area (Å²) in [5.74, 6) is -0.935. The molecule has 264 valence electrons. The van der Waals surface area contributed by atoms with Crippen LogP contribution in [0.3, 0.4) is 0 Å². The normalized spacial score (nSPS) is 20.8. The van der Waals surface area contributed by atoms with Crippen LogP contribution in [-0.2, 0) is 0 Å². The van der Waals surface area contributed by atoms with Gasteiger partial charge in [-0.1, -0.05) is 17.7 Å². The molecule has 9 rings (SSSR count). The number of likely N-dealkylation sites (tertiary alicyclic amines) is 1. The molecule has 7 heterocycles. The molecule has 1 amide bonds. The molecule has 4 saturated heterocycles. The lowest BCUT2D eigenvalue weighted by Gasteiger charge is -2.50. The standard InChI is InChI=1S/C36H31ClF2N10O2S/c37-24-15-22-29(28(39)27(24)21-3-4-25(38)30-26(21)23(17-41)31(42)52-30)44-33(51-19-36-6-1-11-47(36)12-2-7-36)45-32(22)46-13-8-35(18-46)9-14-48(35)34(50)49-20(16-40)5-10-43-49/h3-5,10,15H,1-2,6-9,11-14,18-19,42H2. The zero-order valence-corrected chi connectivity index (χ0v) is 29.4. The summed E-state index contributed by atoms with van der Waals surface area (Å²) in [4.78, 5) is 29.3. The zero-order valence-electron chi connectivity index (χ0n) is 27.8. The molecule has 0 bridgehead atoms. The van der Waals surface area contributed by atoms with Crippen LogP contribution in [-0.4, -0.2) is 86.0 Å². The highest BCUT2D eigenvalue weighted by atomic mass is 35.5. The first-order chi connectivity index (χ1) is 25.2. The van der Waals surface area contributed by atoms with Crippen molar-refractivity contribution in [1.82, 2.24) is 29.5 Å². The predicted molar refractivity (Wildman–Crippen MR) is 191 cm³/mol. The van der Waals surface area contributed by atoms with Crippen LogP contribution in [0.25, 0.3) is 32.1 Å². The average molecular weight is 741 g/mol. The molecule has 0 saturated carbocycles. The Labute approximate surface area is 305 Å². The Morgan fingerprint density at radius 2 is 1.85 bits per heavy atom. The van der Waals surface area contributed by atoms with Gasteiger partial charge in [-0.05, 0) is 75.4 Å². The van der Waals surface area contributed by atoms with Gasteiger partial charge in [-0.25, -0.2) is 13.6 Å². The minimum absolute atomic E-state index is 0.0160. The number of nitrogen functional groups attached to an aromatic ring is 1. The van der Waals surface area contributed by atoms with Gasteiger partial charge < -0.3 is 20.3 Å². The van der Waals surface area contributed by atoms with E-state index in [0.717, 1.165) is 61.2 Å². The number of anilines is 2. The summed E-state index contributed by atoms with van der Waals surface area (Å²) in [6.07, 6.45) is 6.91. The maximum absolute atomic E-state index is 17.2. The van der Waals surface area contributed by atoms with E-state index in [1.54, 1.807) is 11.0 Å². The summed E-state index contributed by atoms with van der Waals surface area (Å²) in [6, 6.07) is 9.39. The number of nitrogens with two attached hydrogens (primary N) is 1. The summed E-state index contributed by atoms with van der Waals surface area (Å²) in [6.45, 7) is 3.76. The van der Waals surface area contributed by atoms with Crippen molar-refractivity contribution < 1.29 is 18.3 Å². The van der Waals surface area contributed by atoms with Crippen LogP contribution < -0.4 is 15.4 Å². The number of hydrogen-bond donors (Lipinski definition) is 1. The van der Waals surface area contributed by atoms with Crippen molar-refractivity contribution in [2.24, 2.45) is 0 Å². The Bertz CT molecular complexity index is 2410. The lowest BCUT2D eigenvalue weighted by atomic mass is 9.84. The number of halogens is 3. The molecule has 3 aromatic heterocycles. The van der Waals surface area contributed by atoms with Gasteiger partial charge in [0.05, 0.1) is 32.6 Å². The second-order valence-electron chi connectivity index (χ2n) is 14.1. The molecule has 0 radical (unpaired) electrons. The lowest BCUT2D eigenvalue weighted by molar-refractivity contribution is 0.0399. The summed E-state index contributed by atoms with van der Waals surface area (Å²) in [5, 5.41) is 24.2. The van der Waals surface area contributed by atoms with E-state index in [2.05, 4.69) is 15.0 Å². The predicted octanol–water partition coefficient (Wildman–Crippen LogP) is 6.30. The van der Waals surface area contributed by atoms with Crippen molar-refractivity contribution >= 4 is 60.8 Å². The van der Waals surface area contributed by atoms with Gasteiger partial charge in [0.25, 0.3) is 0 Å². The van der Waals surface area contributed by atoms with Crippen molar-refractivity contribution in [3.05, 3.63) is 58.4 Å². The Balaban J connectivity index is 1.15. The molecule has 4 aliphatic heterocycles. The number of carbonyl (C=O) groups excluding carboxylic acids is 1. The number of hydrogen-bond acceptors (Lipinski definition) is 11. The van der Waals surface area contributed by atoms with Crippen LogP contribution in [0, 0.1) is 34.3 Å². The molecule has 4 fully saturated rings. The van der Waals surface area contributed by atoms with E-state index in [-0.39, 0.29) is 65.6 Å². The van der Waals surface area contributed by atoms with Gasteiger partial charge in [0.2, 0.25) is 0 Å². The van der Waals surface area contributed by atoms with Gasteiger partial charge in [-0.15, -0.1) is 11.3 Å². The zero-order chi connectivity index (χ0) is 35.9. The molecule has 1 atom stereocenters. The van der Waals surface area contributed by atoms with E-state index in [4.69, 9.17) is 27.1 Å². The molecule has 1 spiro atoms. The number of thiophene rings is 1. The first-order valence-electron chi connectivity index (χ1n) is 17.2. The molecule has 4 aliphatic rings. The third-order valence-electron chi connectivity index (χ3n) is 11.5. The highest BCUT2D eigenvalue weighted by molar-refractivity contribution is 7.23. The largest absolute Gasteiger partial charge is 0.461 e. The van der Waals surface area contributed by atoms with E-state index in [1.165, 1.54) is 24.4 Å². The molecule has 1 unspecified atom stereocenters. The molecular weight excluding hydrogens is 710 g/mol. The molecule has 52 heavy (non-hydrogen) atoms. The summed E-state index contributed by atoms with van der Waals surface area (Å²) in [5.41, 5.74) is 5.78. The second-order valence-corrected chi connectivity index (χ2v) is 15.5. The summed E-state index contributed by atoms with van der Waals surface area (Å²) in [7, 11) is 0. The van der Waals surface area contributed by atoms with Crippen LogP contribution in [0.5, 0.6) is 6.01 Å². The average Bonchev–Trinajstić information content (AvgIpc) is 3.96. The molecule has 2 N–H and O–H groups in total. The molecule has 16 heteroatoms. The number of rotatable bonds is 5. The highest BCUT2D eigenvalue weighted by Gasteiger charge is 2.53. The van der Waals surface area contributed by atoms with Gasteiger partial charge in [0, 0.05) is 36.0 Å². The van der Waals surface area contributed by atoms with Crippen molar-refractivity contribution in [2.45, 2.75) is 49.6 Å². The lowest BCUT2D eigenvalue weighted by Crippen LogP contribution is -2.64. The third-order valence-corrected chi connectivity index (χ3v) is 12.8. The van der Waals surface area contributed by atoms with Gasteiger partial charge in [-0.2, -0.15) is 30.3 Å². The van der Waals surface area contributed by atoms with Crippen LogP contribution in [0.15, 0.2) is 30.5 Å². The quantitative estimate of drug-likeness (QED) is 0.217. The molecule has 0 aliphatic carbocycles. The highest BCUT2D eigenvalue weighted by Crippen LogP contribution is 2.47. The van der Waals surface area contributed by atoms with Crippen LogP contribution in [0.4, 0.5) is 24.4 Å². The Morgan fingerprint density at radius 1 is 1.06 bits per heavy atom. The van der Waals surface area contributed by atoms with Gasteiger partial charge in [-0.3, -0.25) is 4.90 Å². The number of fused-ring (bicyclic) bond motifs is 3. The van der Waals surface area contributed by atoms with Crippen LogP contribution in [0.2, 0.25) is 5.02 Å². The number of aromatic nitrogens is 4. The number of benzene rings is 2. The minimum atomic E-state index is -0.767. The maximum atomic E-state index is 17.2. The Kier molecular flexibility index (Phi) is 7.56. The fourth-order valence-electron chi connectivity index (χ4n) is 8.84. The number of nitriles is 2. The Morgan fingerprint density at radius 3 is 2.58 bits per heavy atom. The number of carbonyl (C=O) groups is 1. The smallest absolute Gasteiger partial charge is 0.346 e. The molecule has 2 aromatic carbocycles. The third kappa shape index (κ3) is 4.76. The monoisotopic (exact) mass is 740 g/mol. The van der Waals surface area contributed by atoms with Crippen molar-refractivity contribution in [2.75, 3.05) is 50.0 Å². The Hall–Kier alpha value is -5.09. The van der Waals surface area contributed by atoms with Crippen LogP contribution >= 0.6 is 22.9 Å². The first-order valence-corrected chi connectivity index (χ1v) is 18.4. The second kappa shape index (κ2) is 12.0. The summed E-state index contributed by atoms with van der Waals surface area (Å²) < 4.78 is 39.8. The van der Waals surface area contributed by atoms with Crippen molar-refractivity contribution in [1.29, 1.82) is 10.5 Å². The van der Waals surface area contributed by atoms with E-state index >= 15 is 4.39 Å². The molecular formula is C36H31ClF2N10O2S.